The van der Waals surface area contributed by atoms with Crippen molar-refractivity contribution >= 4 is 12.0 Å². The molecule has 0 aromatic heterocycles. The highest BCUT2D eigenvalue weighted by atomic mass is 16.5. The highest BCUT2D eigenvalue weighted by Gasteiger charge is 2.34. The lowest BCUT2D eigenvalue weighted by atomic mass is 9.91. The smallest absolute Gasteiger partial charge is 0.408 e. The van der Waals surface area contributed by atoms with E-state index in [9.17, 15) is 14.9 Å². The highest BCUT2D eigenvalue weighted by molar-refractivity contribution is 5.87. The summed E-state index contributed by atoms with van der Waals surface area (Å²) >= 11 is 0. The second kappa shape index (κ2) is 9.07. The van der Waals surface area contributed by atoms with Gasteiger partial charge in [0.05, 0.1) is 0 Å². The average Bonchev–Trinajstić information content (AvgIpc) is 2.55. The fourth-order valence-electron chi connectivity index (χ4n) is 2.72. The van der Waals surface area contributed by atoms with Gasteiger partial charge in [0.25, 0.3) is 5.91 Å². The fraction of sp³-hybridized carbons (Fsp3) is 0.526. The van der Waals surface area contributed by atoms with E-state index >= 15 is 0 Å². The molecule has 1 aliphatic carbocycles. The molecular weight excluding hydrogens is 318 g/mol. The lowest BCUT2D eigenvalue weighted by Crippen LogP contribution is -2.52. The minimum Gasteiger partial charge on any atom is -0.445 e. The largest absolute Gasteiger partial charge is 0.445 e. The molecule has 134 valence electrons. The molecule has 1 N–H and O–H groups in total. The number of benzene rings is 1. The number of rotatable bonds is 7. The Kier molecular flexibility index (Phi) is 6.81. The van der Waals surface area contributed by atoms with E-state index in [2.05, 4.69) is 5.32 Å². The normalized spacial score (nSPS) is 15.0. The number of alkyl carbamates (subject to hydrolysis) is 1. The molecule has 1 fully saturated rings. The standard InChI is InChI=1S/C19H25N3O3/c1-14(2)11-17(18(23)22(13-20)16-9-6-10-16)21-19(24)25-12-15-7-4-3-5-8-15/h3-5,7-8,14,16-17H,6,9-12H2,1-2H3,(H,21,24). The number of nitriles is 1. The molecular formula is C19H25N3O3. The van der Waals surface area contributed by atoms with Gasteiger partial charge in [0.1, 0.15) is 12.6 Å². The molecule has 25 heavy (non-hydrogen) atoms. The molecule has 0 aliphatic heterocycles. The number of hydrogen-bond donors (Lipinski definition) is 1. The first kappa shape index (κ1) is 18.8. The third kappa shape index (κ3) is 5.49. The zero-order valence-electron chi connectivity index (χ0n) is 14.8. The Hall–Kier alpha value is -2.55. The van der Waals surface area contributed by atoms with Crippen LogP contribution in [0.5, 0.6) is 0 Å². The lowest BCUT2D eigenvalue weighted by molar-refractivity contribution is -0.133. The van der Waals surface area contributed by atoms with Crippen LogP contribution < -0.4 is 5.32 Å². The van der Waals surface area contributed by atoms with Gasteiger partial charge >= 0.3 is 6.09 Å². The van der Waals surface area contributed by atoms with Crippen LogP contribution in [0.1, 0.15) is 45.1 Å². The Bertz CT molecular complexity index is 621. The molecule has 0 bridgehead atoms. The number of carbonyl (C=O) groups is 2. The molecule has 1 aromatic carbocycles. The van der Waals surface area contributed by atoms with Crippen molar-refractivity contribution in [2.24, 2.45) is 5.92 Å². The molecule has 2 rings (SSSR count). The first-order chi connectivity index (χ1) is 12.0. The Morgan fingerprint density at radius 2 is 2.00 bits per heavy atom. The van der Waals surface area contributed by atoms with Gasteiger partial charge in [0.2, 0.25) is 0 Å². The van der Waals surface area contributed by atoms with E-state index in [-0.39, 0.29) is 24.5 Å². The second-order valence-corrected chi connectivity index (χ2v) is 6.78. The maximum Gasteiger partial charge on any atom is 0.408 e. The zero-order valence-corrected chi connectivity index (χ0v) is 14.8. The lowest BCUT2D eigenvalue weighted by Gasteiger charge is -2.34. The van der Waals surface area contributed by atoms with Crippen LogP contribution in [-0.4, -0.2) is 29.0 Å². The van der Waals surface area contributed by atoms with E-state index < -0.39 is 12.1 Å². The van der Waals surface area contributed by atoms with Crippen LogP contribution in [0.4, 0.5) is 4.79 Å². The van der Waals surface area contributed by atoms with E-state index in [0.29, 0.717) is 6.42 Å². The summed E-state index contributed by atoms with van der Waals surface area (Å²) in [7, 11) is 0. The molecule has 1 saturated carbocycles. The van der Waals surface area contributed by atoms with E-state index in [1.54, 1.807) is 0 Å². The van der Waals surface area contributed by atoms with Crippen molar-refractivity contribution in [3.8, 4) is 6.19 Å². The first-order valence-corrected chi connectivity index (χ1v) is 8.71. The Balaban J connectivity index is 1.95. The van der Waals surface area contributed by atoms with Crippen LogP contribution in [0.15, 0.2) is 30.3 Å². The van der Waals surface area contributed by atoms with Crippen molar-refractivity contribution < 1.29 is 14.3 Å². The third-order valence-electron chi connectivity index (χ3n) is 4.30. The summed E-state index contributed by atoms with van der Waals surface area (Å²) in [5.41, 5.74) is 0.873. The number of ether oxygens (including phenoxy) is 1. The summed E-state index contributed by atoms with van der Waals surface area (Å²) in [6, 6.07) is 8.56. The summed E-state index contributed by atoms with van der Waals surface area (Å²) in [6.45, 7) is 4.08. The van der Waals surface area contributed by atoms with Gasteiger partial charge in [-0.25, -0.2) is 9.69 Å². The minimum atomic E-state index is -0.747. The molecule has 2 amide bonds. The van der Waals surface area contributed by atoms with E-state index in [1.165, 1.54) is 4.90 Å². The summed E-state index contributed by atoms with van der Waals surface area (Å²) in [5, 5.41) is 11.9. The molecule has 0 heterocycles. The van der Waals surface area contributed by atoms with E-state index in [0.717, 1.165) is 24.8 Å². The molecule has 1 aliphatic rings. The summed E-state index contributed by atoms with van der Waals surface area (Å²) in [6.07, 6.45) is 4.50. The summed E-state index contributed by atoms with van der Waals surface area (Å²) in [5.74, 6) is -0.150. The van der Waals surface area contributed by atoms with Crippen molar-refractivity contribution in [2.75, 3.05) is 0 Å². The van der Waals surface area contributed by atoms with E-state index in [1.807, 2.05) is 50.4 Å². The van der Waals surface area contributed by atoms with Gasteiger partial charge in [-0.15, -0.1) is 0 Å². The van der Waals surface area contributed by atoms with Crippen LogP contribution in [-0.2, 0) is 16.1 Å². The van der Waals surface area contributed by atoms with E-state index in [4.69, 9.17) is 4.74 Å². The maximum atomic E-state index is 12.7. The zero-order chi connectivity index (χ0) is 18.2. The predicted molar refractivity (Wildman–Crippen MR) is 93.1 cm³/mol. The monoisotopic (exact) mass is 343 g/mol. The fourth-order valence-corrected chi connectivity index (χ4v) is 2.72. The predicted octanol–water partition coefficient (Wildman–Crippen LogP) is 3.19. The molecule has 1 atom stereocenters. The molecule has 0 spiro atoms. The van der Waals surface area contributed by atoms with Crippen molar-refractivity contribution in [1.82, 2.24) is 10.2 Å². The summed E-state index contributed by atoms with van der Waals surface area (Å²) < 4.78 is 5.20. The topological polar surface area (TPSA) is 82.4 Å². The maximum absolute atomic E-state index is 12.7. The quantitative estimate of drug-likeness (QED) is 0.609. The van der Waals surface area contributed by atoms with Gasteiger partial charge in [-0.3, -0.25) is 4.79 Å². The van der Waals surface area contributed by atoms with Gasteiger partial charge in [-0.05, 0) is 37.2 Å². The third-order valence-corrected chi connectivity index (χ3v) is 4.30. The Labute approximate surface area is 148 Å². The SMILES string of the molecule is CC(C)CC(NC(=O)OCc1ccccc1)C(=O)N(C#N)C1CCC1. The van der Waals surface area contributed by atoms with Gasteiger partial charge < -0.3 is 10.1 Å². The van der Waals surface area contributed by atoms with Gasteiger partial charge in [-0.1, -0.05) is 44.2 Å². The van der Waals surface area contributed by atoms with Crippen LogP contribution in [0.25, 0.3) is 0 Å². The average molecular weight is 343 g/mol. The number of nitrogens with one attached hydrogen (secondary N) is 1. The van der Waals surface area contributed by atoms with Gasteiger partial charge in [-0.2, -0.15) is 5.26 Å². The molecule has 1 aromatic rings. The number of nitrogens with zero attached hydrogens (tertiary/aromatic N) is 2. The summed E-state index contributed by atoms with van der Waals surface area (Å²) in [4.78, 5) is 26.0. The minimum absolute atomic E-state index is 0.0331. The van der Waals surface area contributed by atoms with Gasteiger partial charge in [0.15, 0.2) is 6.19 Å². The van der Waals surface area contributed by atoms with Crippen LogP contribution in [0.3, 0.4) is 0 Å². The molecule has 0 saturated heterocycles. The molecule has 6 nitrogen and oxygen atoms in total. The number of hydrogen-bond acceptors (Lipinski definition) is 4. The molecule has 1 unspecified atom stereocenters. The van der Waals surface area contributed by atoms with Crippen LogP contribution >= 0.6 is 0 Å². The van der Waals surface area contributed by atoms with Crippen LogP contribution in [0.2, 0.25) is 0 Å². The van der Waals surface area contributed by atoms with Crippen molar-refractivity contribution in [3.05, 3.63) is 35.9 Å². The van der Waals surface area contributed by atoms with Crippen molar-refractivity contribution in [1.29, 1.82) is 5.26 Å². The van der Waals surface area contributed by atoms with Crippen molar-refractivity contribution in [2.45, 2.75) is 58.2 Å². The second-order valence-electron chi connectivity index (χ2n) is 6.78. The number of amides is 2. The van der Waals surface area contributed by atoms with Gasteiger partial charge in [0, 0.05) is 6.04 Å². The molecule has 6 heteroatoms. The Morgan fingerprint density at radius 1 is 1.32 bits per heavy atom. The highest BCUT2D eigenvalue weighted by Crippen LogP contribution is 2.25. The number of carbonyl (C=O) groups excluding carboxylic acids is 2. The Morgan fingerprint density at radius 3 is 2.52 bits per heavy atom. The molecule has 0 radical (unpaired) electrons. The first-order valence-electron chi connectivity index (χ1n) is 8.71. The van der Waals surface area contributed by atoms with Crippen molar-refractivity contribution in [3.63, 3.8) is 0 Å². The van der Waals surface area contributed by atoms with Crippen LogP contribution in [0, 0.1) is 17.4 Å².